The van der Waals surface area contributed by atoms with Gasteiger partial charge in [-0.25, -0.2) is 9.97 Å². The lowest BCUT2D eigenvalue weighted by molar-refractivity contribution is 1.16. The second kappa shape index (κ2) is 12.5. The van der Waals surface area contributed by atoms with Crippen molar-refractivity contribution in [3.63, 3.8) is 0 Å². The standard InChI is InChI=1S/C54H32N4S/c1-2-12-34-29-39(26-23-33(34)11-1)58-47-20-7-4-16-41(47)44-32-36(25-28-49(44)58)35-24-27-48-43(31-35)40-15-3-6-19-46(40)57(48)38-14-9-13-37(30-38)54-55-45-18-10-22-51-52(45)53(56-54)42-17-5-8-21-50(42)59-51/h1-32H. The number of hydrogen-bond acceptors (Lipinski definition) is 3. The van der Waals surface area contributed by atoms with E-state index >= 15 is 0 Å². The lowest BCUT2D eigenvalue weighted by Crippen LogP contribution is -2.01. The van der Waals surface area contributed by atoms with Gasteiger partial charge in [-0.2, -0.15) is 0 Å². The van der Waals surface area contributed by atoms with Crippen molar-refractivity contribution in [3.8, 4) is 45.1 Å². The second-order valence-corrected chi connectivity index (χ2v) is 16.5. The Balaban J connectivity index is 0.945. The van der Waals surface area contributed by atoms with Gasteiger partial charge in [-0.05, 0) is 101 Å². The number of benzene rings is 9. The maximum Gasteiger partial charge on any atom is 0.160 e. The van der Waals surface area contributed by atoms with Crippen LogP contribution in [0.2, 0.25) is 0 Å². The Morgan fingerprint density at radius 1 is 0.373 bits per heavy atom. The van der Waals surface area contributed by atoms with E-state index in [2.05, 4.69) is 203 Å². The molecule has 1 aliphatic rings. The second-order valence-electron chi connectivity index (χ2n) is 15.4. The van der Waals surface area contributed by atoms with Crippen molar-refractivity contribution in [2.45, 2.75) is 9.79 Å². The summed E-state index contributed by atoms with van der Waals surface area (Å²) in [5.74, 6) is 0.730. The van der Waals surface area contributed by atoms with Crippen molar-refractivity contribution in [3.05, 3.63) is 194 Å². The molecular weight excluding hydrogens is 737 g/mol. The molecule has 0 unspecified atom stereocenters. The molecule has 0 spiro atoms. The summed E-state index contributed by atoms with van der Waals surface area (Å²) in [4.78, 5) is 12.8. The number of hydrogen-bond donors (Lipinski definition) is 0. The van der Waals surface area contributed by atoms with Gasteiger partial charge in [0.05, 0.1) is 33.3 Å². The summed E-state index contributed by atoms with van der Waals surface area (Å²) >= 11 is 1.80. The van der Waals surface area contributed by atoms with Crippen LogP contribution in [-0.4, -0.2) is 19.1 Å². The summed E-state index contributed by atoms with van der Waals surface area (Å²) in [6.07, 6.45) is 0. The quantitative estimate of drug-likeness (QED) is 0.179. The monoisotopic (exact) mass is 768 g/mol. The Morgan fingerprint density at radius 3 is 1.75 bits per heavy atom. The molecule has 0 saturated heterocycles. The fraction of sp³-hybridized carbons (Fsp3) is 0. The highest BCUT2D eigenvalue weighted by atomic mass is 32.2. The smallest absolute Gasteiger partial charge is 0.160 e. The number of nitrogens with zero attached hydrogens (tertiary/aromatic N) is 4. The molecule has 4 heterocycles. The minimum absolute atomic E-state index is 0.730. The van der Waals surface area contributed by atoms with Gasteiger partial charge in [-0.15, -0.1) is 0 Å². The van der Waals surface area contributed by atoms with Crippen molar-refractivity contribution in [1.29, 1.82) is 0 Å². The van der Waals surface area contributed by atoms with Crippen LogP contribution in [0.3, 0.4) is 0 Å². The molecule has 0 aliphatic carbocycles. The summed E-state index contributed by atoms with van der Waals surface area (Å²) in [6, 6.07) is 70.3. The van der Waals surface area contributed by atoms with Crippen LogP contribution in [0.15, 0.2) is 204 Å². The van der Waals surface area contributed by atoms with E-state index < -0.39 is 0 Å². The van der Waals surface area contributed by atoms with Gasteiger partial charge in [0.1, 0.15) is 0 Å². The first-order chi connectivity index (χ1) is 29.2. The Morgan fingerprint density at radius 2 is 0.983 bits per heavy atom. The molecule has 59 heavy (non-hydrogen) atoms. The van der Waals surface area contributed by atoms with Gasteiger partial charge in [0.15, 0.2) is 5.82 Å². The molecule has 0 radical (unpaired) electrons. The van der Waals surface area contributed by atoms with Crippen molar-refractivity contribution < 1.29 is 0 Å². The molecular formula is C54H32N4S. The van der Waals surface area contributed by atoms with Crippen LogP contribution in [-0.2, 0) is 0 Å². The van der Waals surface area contributed by atoms with Gasteiger partial charge in [0, 0.05) is 59.2 Å². The first-order valence-corrected chi connectivity index (χ1v) is 20.8. The number of para-hydroxylation sites is 2. The average Bonchev–Trinajstić information content (AvgIpc) is 3.81. The Bertz CT molecular complexity index is 3720. The number of fused-ring (bicyclic) bond motifs is 9. The Kier molecular flexibility index (Phi) is 6.91. The highest BCUT2D eigenvalue weighted by Gasteiger charge is 2.23. The minimum atomic E-state index is 0.730. The van der Waals surface area contributed by atoms with Gasteiger partial charge in [-0.1, -0.05) is 127 Å². The lowest BCUT2D eigenvalue weighted by Gasteiger charge is -2.19. The zero-order valence-corrected chi connectivity index (χ0v) is 32.5. The van der Waals surface area contributed by atoms with Crippen molar-refractivity contribution in [2.75, 3.05) is 0 Å². The maximum atomic E-state index is 5.27. The van der Waals surface area contributed by atoms with Gasteiger partial charge in [0.25, 0.3) is 0 Å². The summed E-state index contributed by atoms with van der Waals surface area (Å²) in [5.41, 5.74) is 13.5. The van der Waals surface area contributed by atoms with Crippen LogP contribution in [0.4, 0.5) is 0 Å². The van der Waals surface area contributed by atoms with Crippen LogP contribution in [0.25, 0.3) is 110 Å². The van der Waals surface area contributed by atoms with E-state index in [-0.39, 0.29) is 0 Å². The molecule has 274 valence electrons. The van der Waals surface area contributed by atoms with E-state index in [0.717, 1.165) is 50.3 Å². The maximum absolute atomic E-state index is 5.27. The molecule has 0 saturated carbocycles. The topological polar surface area (TPSA) is 35.6 Å². The highest BCUT2D eigenvalue weighted by Crippen LogP contribution is 2.47. The first kappa shape index (κ1) is 32.6. The van der Waals surface area contributed by atoms with Crippen molar-refractivity contribution in [2.24, 2.45) is 0 Å². The molecule has 1 aliphatic heterocycles. The zero-order valence-electron chi connectivity index (χ0n) is 31.7. The normalized spacial score (nSPS) is 12.3. The molecule has 4 nitrogen and oxygen atoms in total. The van der Waals surface area contributed by atoms with Gasteiger partial charge in [-0.3, -0.25) is 0 Å². The minimum Gasteiger partial charge on any atom is -0.309 e. The number of aromatic nitrogens is 4. The van der Waals surface area contributed by atoms with Crippen LogP contribution >= 0.6 is 11.8 Å². The summed E-state index contributed by atoms with van der Waals surface area (Å²) in [6.45, 7) is 0. The van der Waals surface area contributed by atoms with E-state index in [1.165, 1.54) is 70.0 Å². The third kappa shape index (κ3) is 4.92. The third-order valence-corrected chi connectivity index (χ3v) is 13.2. The molecule has 0 N–H and O–H groups in total. The predicted molar refractivity (Wildman–Crippen MR) is 246 cm³/mol. The highest BCUT2D eigenvalue weighted by molar-refractivity contribution is 7.99. The molecule has 12 aromatic rings. The summed E-state index contributed by atoms with van der Waals surface area (Å²) in [5, 5.41) is 8.54. The fourth-order valence-electron chi connectivity index (χ4n) is 9.39. The fourth-order valence-corrected chi connectivity index (χ4v) is 10.5. The molecule has 0 atom stereocenters. The summed E-state index contributed by atoms with van der Waals surface area (Å²) in [7, 11) is 0. The van der Waals surface area contributed by atoms with E-state index in [1.54, 1.807) is 11.8 Å². The molecule has 3 aromatic heterocycles. The average molecular weight is 769 g/mol. The van der Waals surface area contributed by atoms with Crippen LogP contribution < -0.4 is 0 Å². The Labute approximate surface area is 343 Å². The molecule has 0 fully saturated rings. The number of rotatable bonds is 4. The molecule has 0 amide bonds. The third-order valence-electron chi connectivity index (χ3n) is 12.1. The molecule has 0 bridgehead atoms. The zero-order chi connectivity index (χ0) is 38.6. The predicted octanol–water partition coefficient (Wildman–Crippen LogP) is 14.4. The SMILES string of the molecule is c1cc(-c2nc3c4c(cccc4n2)Sc2ccccc2-3)cc(-n2c3ccccc3c3cc(-c4ccc5c(c4)c4ccccc4n5-c4ccc5ccccc5c4)ccc32)c1. The van der Waals surface area contributed by atoms with Crippen LogP contribution in [0, 0.1) is 0 Å². The van der Waals surface area contributed by atoms with Crippen molar-refractivity contribution in [1.82, 2.24) is 19.1 Å². The van der Waals surface area contributed by atoms with E-state index in [9.17, 15) is 0 Å². The van der Waals surface area contributed by atoms with Crippen molar-refractivity contribution >= 4 is 77.0 Å². The van der Waals surface area contributed by atoms with E-state index in [0.29, 0.717) is 0 Å². The molecule has 9 aromatic carbocycles. The van der Waals surface area contributed by atoms with Crippen LogP contribution in [0.5, 0.6) is 0 Å². The van der Waals surface area contributed by atoms with Gasteiger partial charge in [0.2, 0.25) is 0 Å². The summed E-state index contributed by atoms with van der Waals surface area (Å²) < 4.78 is 4.78. The lowest BCUT2D eigenvalue weighted by atomic mass is 10.0. The van der Waals surface area contributed by atoms with E-state index in [1.807, 2.05) is 0 Å². The van der Waals surface area contributed by atoms with E-state index in [4.69, 9.17) is 9.97 Å². The van der Waals surface area contributed by atoms with Crippen LogP contribution in [0.1, 0.15) is 0 Å². The Hall–Kier alpha value is -7.47. The van der Waals surface area contributed by atoms with Gasteiger partial charge < -0.3 is 9.13 Å². The first-order valence-electron chi connectivity index (χ1n) is 20.0. The molecule has 5 heteroatoms. The largest absolute Gasteiger partial charge is 0.309 e. The molecule has 13 rings (SSSR count). The van der Waals surface area contributed by atoms with Gasteiger partial charge >= 0.3 is 0 Å².